The van der Waals surface area contributed by atoms with Crippen LogP contribution in [0.5, 0.6) is 5.75 Å². The van der Waals surface area contributed by atoms with Gasteiger partial charge in [0, 0.05) is 48.0 Å². The normalized spacial score (nSPS) is 15.6. The van der Waals surface area contributed by atoms with Crippen molar-refractivity contribution < 1.29 is 22.7 Å². The zero-order chi connectivity index (χ0) is 22.7. The third kappa shape index (κ3) is 6.32. The van der Waals surface area contributed by atoms with Crippen molar-refractivity contribution in [1.29, 1.82) is 0 Å². The monoisotopic (exact) mass is 543 g/mol. The molecule has 1 aliphatic heterocycles. The number of amides is 1. The van der Waals surface area contributed by atoms with Gasteiger partial charge in [-0.15, -0.1) is 25.8 Å². The van der Waals surface area contributed by atoms with Crippen LogP contribution in [0.25, 0.3) is 11.3 Å². The minimum absolute atomic E-state index is 0. The summed E-state index contributed by atoms with van der Waals surface area (Å²) in [7, 11) is 0. The molecule has 0 radical (unpaired) electrons. The van der Waals surface area contributed by atoms with Gasteiger partial charge in [0.05, 0.1) is 24.0 Å². The van der Waals surface area contributed by atoms with Crippen molar-refractivity contribution in [3.8, 4) is 17.0 Å². The van der Waals surface area contributed by atoms with Crippen molar-refractivity contribution in [3.05, 3.63) is 60.7 Å². The Balaban J connectivity index is 0.00000306. The summed E-state index contributed by atoms with van der Waals surface area (Å²) in [6.45, 7) is 0.713. The maximum Gasteiger partial charge on any atom is 0.487 e. The highest BCUT2D eigenvalue weighted by Crippen LogP contribution is 2.31. The summed E-state index contributed by atoms with van der Waals surface area (Å²) >= 11 is 4.74. The highest BCUT2D eigenvalue weighted by atomic mass is 79.9. The number of rotatable bonds is 6. The minimum Gasteiger partial charge on any atom is -0.420 e. The fourth-order valence-corrected chi connectivity index (χ4v) is 3.40. The number of alkyl halides is 4. The molecular weight excluding hydrogens is 527 g/mol. The molecule has 1 unspecified atom stereocenters. The fourth-order valence-electron chi connectivity index (χ4n) is 3.31. The number of carbonyl (C=O) groups excluding carboxylic acids is 1. The molecule has 4 rings (SSSR count). The number of pyridine rings is 1. The van der Waals surface area contributed by atoms with E-state index in [0.717, 1.165) is 0 Å². The van der Waals surface area contributed by atoms with Gasteiger partial charge in [0.25, 0.3) is 5.91 Å². The first-order chi connectivity index (χ1) is 15.3. The molecule has 0 spiro atoms. The van der Waals surface area contributed by atoms with E-state index >= 15 is 0 Å². The fraction of sp³-hybridized carbons (Fsp3) is 0.238. The molecule has 1 N–H and O–H groups in total. The number of carbonyl (C=O) groups is 1. The van der Waals surface area contributed by atoms with Gasteiger partial charge in [-0.2, -0.15) is 0 Å². The van der Waals surface area contributed by atoms with Crippen molar-refractivity contribution in [2.24, 2.45) is 0 Å². The van der Waals surface area contributed by atoms with Gasteiger partial charge < -0.3 is 15.0 Å². The SMILES string of the molecule is Br.O=C(Nc1ccc(OC(F)(F)Cl)cc1)c1cnc(N2CCC(F)C2)c(-c2cnccn2)c1. The molecule has 1 atom stereocenters. The second-order valence-corrected chi connectivity index (χ2v) is 7.48. The molecule has 33 heavy (non-hydrogen) atoms. The summed E-state index contributed by atoms with van der Waals surface area (Å²) in [4.78, 5) is 27.3. The number of aromatic nitrogens is 3. The molecule has 12 heteroatoms. The van der Waals surface area contributed by atoms with Crippen molar-refractivity contribution >= 4 is 46.0 Å². The number of anilines is 2. The van der Waals surface area contributed by atoms with Crippen LogP contribution in [0.2, 0.25) is 0 Å². The zero-order valence-corrected chi connectivity index (χ0v) is 19.4. The van der Waals surface area contributed by atoms with E-state index in [2.05, 4.69) is 25.0 Å². The number of hydrogen-bond donors (Lipinski definition) is 1. The van der Waals surface area contributed by atoms with Crippen LogP contribution in [0.3, 0.4) is 0 Å². The Morgan fingerprint density at radius 2 is 1.94 bits per heavy atom. The van der Waals surface area contributed by atoms with Crippen LogP contribution in [0, 0.1) is 0 Å². The highest BCUT2D eigenvalue weighted by molar-refractivity contribution is 8.93. The number of halogens is 5. The summed E-state index contributed by atoms with van der Waals surface area (Å²) < 4.78 is 43.4. The molecule has 174 valence electrons. The molecule has 0 aliphatic carbocycles. The Labute approximate surface area is 202 Å². The standard InChI is InChI=1S/C21H17ClF3N5O2.BrH/c22-21(24,25)32-16-3-1-15(2-4-16)29-20(31)13-9-17(18-11-26-6-7-27-18)19(28-10-13)30-8-5-14(23)12-30;/h1-4,6-7,9-11,14H,5,8,12H2,(H,29,31);1H. The number of nitrogens with zero attached hydrogens (tertiary/aromatic N) is 4. The molecule has 1 aromatic carbocycles. The molecule has 3 heterocycles. The van der Waals surface area contributed by atoms with E-state index in [0.29, 0.717) is 35.7 Å². The van der Waals surface area contributed by atoms with Gasteiger partial charge in [0.1, 0.15) is 17.7 Å². The first-order valence-electron chi connectivity index (χ1n) is 9.61. The molecular formula is C21H18BrClF3N5O2. The molecule has 0 bridgehead atoms. The maximum absolute atomic E-state index is 13.7. The Morgan fingerprint density at radius 3 is 2.55 bits per heavy atom. The Bertz CT molecular complexity index is 1100. The zero-order valence-electron chi connectivity index (χ0n) is 16.9. The van der Waals surface area contributed by atoms with Gasteiger partial charge in [-0.25, -0.2) is 9.37 Å². The van der Waals surface area contributed by atoms with Crippen molar-refractivity contribution in [2.45, 2.75) is 18.2 Å². The summed E-state index contributed by atoms with van der Waals surface area (Å²) in [6.07, 6.45) is 5.42. The summed E-state index contributed by atoms with van der Waals surface area (Å²) in [5.41, 5.74) is -2.20. The number of hydrogen-bond acceptors (Lipinski definition) is 6. The van der Waals surface area contributed by atoms with Crippen LogP contribution in [-0.4, -0.2) is 45.7 Å². The van der Waals surface area contributed by atoms with E-state index in [1.807, 2.05) is 4.90 Å². The summed E-state index contributed by atoms with van der Waals surface area (Å²) in [5, 5.41) is 2.66. The topological polar surface area (TPSA) is 80.2 Å². The number of benzene rings is 1. The average Bonchev–Trinajstić information content (AvgIpc) is 3.20. The van der Waals surface area contributed by atoms with Gasteiger partial charge in [0.2, 0.25) is 0 Å². The molecule has 1 aliphatic rings. The van der Waals surface area contributed by atoms with Gasteiger partial charge in [0.15, 0.2) is 0 Å². The number of nitrogens with one attached hydrogen (secondary N) is 1. The van der Waals surface area contributed by atoms with Crippen LogP contribution in [0.15, 0.2) is 55.1 Å². The lowest BCUT2D eigenvalue weighted by Gasteiger charge is -2.20. The first kappa shape index (κ1) is 24.7. The lowest BCUT2D eigenvalue weighted by Crippen LogP contribution is -2.23. The summed E-state index contributed by atoms with van der Waals surface area (Å²) in [5.74, 6) is -0.114. The van der Waals surface area contributed by atoms with Gasteiger partial charge in [-0.05, 0) is 36.8 Å². The van der Waals surface area contributed by atoms with Crippen LogP contribution >= 0.6 is 28.6 Å². The first-order valence-corrected chi connectivity index (χ1v) is 9.99. The molecule has 2 aromatic heterocycles. The van der Waals surface area contributed by atoms with E-state index in [-0.39, 0.29) is 34.8 Å². The van der Waals surface area contributed by atoms with E-state index in [1.54, 1.807) is 6.07 Å². The Kier molecular flexibility index (Phi) is 7.75. The third-order valence-corrected chi connectivity index (χ3v) is 4.82. The quantitative estimate of drug-likeness (QED) is 0.436. The maximum atomic E-state index is 13.7. The molecule has 1 fully saturated rings. The van der Waals surface area contributed by atoms with E-state index in [9.17, 15) is 18.0 Å². The largest absolute Gasteiger partial charge is 0.487 e. The van der Waals surface area contributed by atoms with Crippen molar-refractivity contribution in [3.63, 3.8) is 0 Å². The molecule has 7 nitrogen and oxygen atoms in total. The molecule has 1 amide bonds. The van der Waals surface area contributed by atoms with Crippen LogP contribution in [0.4, 0.5) is 24.7 Å². The smallest absolute Gasteiger partial charge is 0.420 e. The van der Waals surface area contributed by atoms with Gasteiger partial charge in [-0.1, -0.05) is 0 Å². The lowest BCUT2D eigenvalue weighted by molar-refractivity contribution is -0.0964. The molecule has 0 saturated carbocycles. The van der Waals surface area contributed by atoms with Crippen LogP contribution in [0.1, 0.15) is 16.8 Å². The Hall–Kier alpha value is -2.92. The highest BCUT2D eigenvalue weighted by Gasteiger charge is 2.28. The second kappa shape index (κ2) is 10.3. The van der Waals surface area contributed by atoms with Crippen LogP contribution in [-0.2, 0) is 0 Å². The molecule has 3 aromatic rings. The second-order valence-electron chi connectivity index (χ2n) is 7.04. The van der Waals surface area contributed by atoms with E-state index in [4.69, 9.17) is 11.6 Å². The number of ether oxygens (including phenoxy) is 1. The Morgan fingerprint density at radius 1 is 1.18 bits per heavy atom. The molecule has 1 saturated heterocycles. The van der Waals surface area contributed by atoms with Crippen LogP contribution < -0.4 is 15.0 Å². The van der Waals surface area contributed by atoms with E-state index in [1.165, 1.54) is 49.1 Å². The van der Waals surface area contributed by atoms with E-state index < -0.39 is 17.6 Å². The average molecular weight is 545 g/mol. The third-order valence-electron chi connectivity index (χ3n) is 4.74. The predicted molar refractivity (Wildman–Crippen MR) is 123 cm³/mol. The minimum atomic E-state index is -3.83. The van der Waals surface area contributed by atoms with Crippen molar-refractivity contribution in [2.75, 3.05) is 23.3 Å². The van der Waals surface area contributed by atoms with Crippen molar-refractivity contribution in [1.82, 2.24) is 15.0 Å². The van der Waals surface area contributed by atoms with Gasteiger partial charge >= 0.3 is 5.57 Å². The van der Waals surface area contributed by atoms with Gasteiger partial charge in [-0.3, -0.25) is 14.8 Å². The lowest BCUT2D eigenvalue weighted by atomic mass is 10.1. The summed E-state index contributed by atoms with van der Waals surface area (Å²) in [6, 6.07) is 6.90. The predicted octanol–water partition coefficient (Wildman–Crippen LogP) is 5.08.